The Hall–Kier alpha value is -2.22. The van der Waals surface area contributed by atoms with Crippen LogP contribution in [0.1, 0.15) is 30.4 Å². The van der Waals surface area contributed by atoms with Crippen LogP contribution in [-0.2, 0) is 0 Å². The van der Waals surface area contributed by atoms with Gasteiger partial charge in [0.2, 0.25) is 0 Å². The van der Waals surface area contributed by atoms with Crippen LogP contribution in [-0.4, -0.2) is 15.7 Å². The lowest BCUT2D eigenvalue weighted by Gasteiger charge is -2.13. The van der Waals surface area contributed by atoms with E-state index in [1.54, 1.807) is 24.3 Å². The average Bonchev–Trinajstić information content (AvgIpc) is 2.57. The third-order valence-electron chi connectivity index (χ3n) is 3.63. The molecule has 0 aliphatic rings. The predicted octanol–water partition coefficient (Wildman–Crippen LogP) is 3.83. The van der Waals surface area contributed by atoms with Gasteiger partial charge in [-0.05, 0) is 66.8 Å². The Morgan fingerprint density at radius 3 is 2.33 bits per heavy atom. The van der Waals surface area contributed by atoms with Gasteiger partial charge in [-0.3, -0.25) is 9.59 Å². The summed E-state index contributed by atoms with van der Waals surface area (Å²) in [7, 11) is 0. The minimum Gasteiger partial charge on any atom is -0.321 e. The van der Waals surface area contributed by atoms with E-state index in [0.29, 0.717) is 16.5 Å². The fourth-order valence-electron chi connectivity index (χ4n) is 2.45. The van der Waals surface area contributed by atoms with Crippen LogP contribution in [0.15, 0.2) is 53.3 Å². The Balaban J connectivity index is 2.10. The van der Waals surface area contributed by atoms with Crippen molar-refractivity contribution in [2.75, 3.05) is 5.32 Å². The van der Waals surface area contributed by atoms with Crippen molar-refractivity contribution in [3.8, 4) is 0 Å². The highest BCUT2D eigenvalue weighted by atomic mass is 127. The smallest absolute Gasteiger partial charge is 0.276 e. The van der Waals surface area contributed by atoms with E-state index in [-0.39, 0.29) is 23.2 Å². The second-order valence-corrected chi connectivity index (χ2v) is 6.94. The number of carbonyl (C=O) groups excluding carboxylic acids is 1. The molecule has 0 aliphatic carbocycles. The quantitative estimate of drug-likeness (QED) is 0.639. The lowest BCUT2D eigenvalue weighted by Crippen LogP contribution is -2.28. The van der Waals surface area contributed by atoms with Crippen LogP contribution in [0.3, 0.4) is 0 Å². The minimum absolute atomic E-state index is 0.132. The van der Waals surface area contributed by atoms with Crippen LogP contribution in [0.25, 0.3) is 10.8 Å². The van der Waals surface area contributed by atoms with E-state index in [1.165, 1.54) is 4.68 Å². The van der Waals surface area contributed by atoms with E-state index in [9.17, 15) is 9.59 Å². The second kappa shape index (κ2) is 6.72. The third kappa shape index (κ3) is 3.19. The van der Waals surface area contributed by atoms with E-state index in [4.69, 9.17) is 0 Å². The molecule has 5 nitrogen and oxygen atoms in total. The van der Waals surface area contributed by atoms with E-state index >= 15 is 0 Å². The average molecular weight is 433 g/mol. The third-order valence-corrected chi connectivity index (χ3v) is 4.35. The number of anilines is 1. The topological polar surface area (TPSA) is 64.0 Å². The summed E-state index contributed by atoms with van der Waals surface area (Å²) in [6.45, 7) is 3.73. The van der Waals surface area contributed by atoms with Crippen LogP contribution in [0.2, 0.25) is 0 Å². The molecule has 0 fully saturated rings. The van der Waals surface area contributed by atoms with Gasteiger partial charge in [-0.1, -0.05) is 18.2 Å². The maximum Gasteiger partial charge on any atom is 0.276 e. The van der Waals surface area contributed by atoms with Crippen LogP contribution < -0.4 is 10.9 Å². The number of benzene rings is 2. The molecule has 3 aromatic rings. The molecule has 122 valence electrons. The maximum atomic E-state index is 12.7. The lowest BCUT2D eigenvalue weighted by atomic mass is 10.1. The first kappa shape index (κ1) is 16.6. The summed E-state index contributed by atoms with van der Waals surface area (Å²) < 4.78 is 2.44. The van der Waals surface area contributed by atoms with E-state index < -0.39 is 0 Å². The molecule has 1 heterocycles. The number of carbonyl (C=O) groups is 1. The van der Waals surface area contributed by atoms with Crippen molar-refractivity contribution >= 4 is 45.0 Å². The van der Waals surface area contributed by atoms with Gasteiger partial charge >= 0.3 is 0 Å². The Bertz CT molecular complexity index is 962. The number of amides is 1. The molecule has 2 aromatic carbocycles. The number of rotatable bonds is 3. The molecule has 0 bridgehead atoms. The van der Waals surface area contributed by atoms with Crippen LogP contribution in [0.4, 0.5) is 5.69 Å². The fourth-order valence-corrected chi connectivity index (χ4v) is 2.81. The van der Waals surface area contributed by atoms with Gasteiger partial charge in [0.15, 0.2) is 5.69 Å². The number of nitrogens with one attached hydrogen (secondary N) is 1. The number of hydrogen-bond donors (Lipinski definition) is 1. The van der Waals surface area contributed by atoms with Gasteiger partial charge in [-0.15, -0.1) is 0 Å². The number of halogens is 1. The molecule has 1 N–H and O–H groups in total. The summed E-state index contributed by atoms with van der Waals surface area (Å²) in [5.41, 5.74) is 0.748. The molecule has 0 spiro atoms. The standard InChI is InChI=1S/C18H16IN3O2/c1-11(2)22-18(24)15-6-4-3-5-14(15)16(21-22)17(23)20-13-9-7-12(19)8-10-13/h3-11H,1-2H3,(H,20,23). The Morgan fingerprint density at radius 1 is 1.08 bits per heavy atom. The monoisotopic (exact) mass is 433 g/mol. The van der Waals surface area contributed by atoms with Crippen molar-refractivity contribution in [3.63, 3.8) is 0 Å². The molecule has 3 rings (SSSR count). The van der Waals surface area contributed by atoms with Crippen molar-refractivity contribution < 1.29 is 4.79 Å². The van der Waals surface area contributed by atoms with Gasteiger partial charge in [0.25, 0.3) is 11.5 Å². The number of nitrogens with zero attached hydrogens (tertiary/aromatic N) is 2. The van der Waals surface area contributed by atoms with Gasteiger partial charge in [-0.25, -0.2) is 4.68 Å². The Kier molecular flexibility index (Phi) is 4.66. The lowest BCUT2D eigenvalue weighted by molar-refractivity contribution is 0.102. The van der Waals surface area contributed by atoms with Crippen molar-refractivity contribution in [1.29, 1.82) is 0 Å². The molecule has 1 aromatic heterocycles. The molecular weight excluding hydrogens is 417 g/mol. The maximum absolute atomic E-state index is 12.7. The van der Waals surface area contributed by atoms with E-state index in [0.717, 1.165) is 3.57 Å². The number of fused-ring (bicyclic) bond motifs is 1. The van der Waals surface area contributed by atoms with Gasteiger partial charge in [-0.2, -0.15) is 5.10 Å². The fraction of sp³-hybridized carbons (Fsp3) is 0.167. The first-order valence-corrected chi connectivity index (χ1v) is 8.63. The molecule has 0 unspecified atom stereocenters. The highest BCUT2D eigenvalue weighted by Crippen LogP contribution is 2.17. The zero-order chi connectivity index (χ0) is 17.3. The van der Waals surface area contributed by atoms with Crippen molar-refractivity contribution in [2.45, 2.75) is 19.9 Å². The van der Waals surface area contributed by atoms with Crippen LogP contribution in [0.5, 0.6) is 0 Å². The largest absolute Gasteiger partial charge is 0.321 e. The second-order valence-electron chi connectivity index (χ2n) is 5.70. The first-order valence-electron chi connectivity index (χ1n) is 7.56. The molecule has 0 saturated carbocycles. The summed E-state index contributed by atoms with van der Waals surface area (Å²) in [6, 6.07) is 14.4. The number of hydrogen-bond acceptors (Lipinski definition) is 3. The SMILES string of the molecule is CC(C)n1nc(C(=O)Nc2ccc(I)cc2)c2ccccc2c1=O. The van der Waals surface area contributed by atoms with Crippen LogP contribution >= 0.6 is 22.6 Å². The van der Waals surface area contributed by atoms with Crippen molar-refractivity contribution in [1.82, 2.24) is 9.78 Å². The normalized spacial score (nSPS) is 11.0. The zero-order valence-electron chi connectivity index (χ0n) is 13.3. The molecule has 0 saturated heterocycles. The molecule has 24 heavy (non-hydrogen) atoms. The summed E-state index contributed by atoms with van der Waals surface area (Å²) in [6.07, 6.45) is 0. The van der Waals surface area contributed by atoms with Gasteiger partial charge < -0.3 is 5.32 Å². The van der Waals surface area contributed by atoms with Crippen molar-refractivity contribution in [3.05, 3.63) is 68.1 Å². The highest BCUT2D eigenvalue weighted by molar-refractivity contribution is 14.1. The zero-order valence-corrected chi connectivity index (χ0v) is 15.4. The Labute approximate surface area is 152 Å². The first-order chi connectivity index (χ1) is 11.5. The summed E-state index contributed by atoms with van der Waals surface area (Å²) in [5.74, 6) is -0.332. The summed E-state index contributed by atoms with van der Waals surface area (Å²) >= 11 is 2.21. The molecular formula is C18H16IN3O2. The summed E-state index contributed by atoms with van der Waals surface area (Å²) in [5, 5.41) is 8.20. The predicted molar refractivity (Wildman–Crippen MR) is 104 cm³/mol. The van der Waals surface area contributed by atoms with Crippen LogP contribution in [0, 0.1) is 3.57 Å². The molecule has 6 heteroatoms. The molecule has 1 amide bonds. The summed E-state index contributed by atoms with van der Waals surface area (Å²) in [4.78, 5) is 25.2. The molecule has 0 radical (unpaired) electrons. The van der Waals surface area contributed by atoms with E-state index in [2.05, 4.69) is 33.0 Å². The van der Waals surface area contributed by atoms with E-state index in [1.807, 2.05) is 38.1 Å². The Morgan fingerprint density at radius 2 is 1.71 bits per heavy atom. The minimum atomic E-state index is -0.332. The van der Waals surface area contributed by atoms with Gasteiger partial charge in [0, 0.05) is 14.6 Å². The number of aromatic nitrogens is 2. The molecule has 0 atom stereocenters. The van der Waals surface area contributed by atoms with Crippen molar-refractivity contribution in [2.24, 2.45) is 0 Å². The molecule has 0 aliphatic heterocycles. The highest BCUT2D eigenvalue weighted by Gasteiger charge is 2.17. The van der Waals surface area contributed by atoms with Gasteiger partial charge in [0.1, 0.15) is 0 Å². The van der Waals surface area contributed by atoms with Gasteiger partial charge in [0.05, 0.1) is 11.4 Å².